The Kier molecular flexibility index (Phi) is 4.09. The Morgan fingerprint density at radius 1 is 1.14 bits per heavy atom. The molecule has 0 aromatic heterocycles. The minimum atomic E-state index is -0.336. The minimum Gasteiger partial charge on any atom is -0.484 e. The lowest BCUT2D eigenvalue weighted by Gasteiger charge is -2.39. The molecule has 1 saturated carbocycles. The predicted octanol–water partition coefficient (Wildman–Crippen LogP) is 6.29. The summed E-state index contributed by atoms with van der Waals surface area (Å²) in [4.78, 5) is 12.9. The van der Waals surface area contributed by atoms with Crippen molar-refractivity contribution < 1.29 is 13.9 Å². The Morgan fingerprint density at radius 2 is 1.97 bits per heavy atom. The predicted molar refractivity (Wildman–Crippen MR) is 114 cm³/mol. The van der Waals surface area contributed by atoms with E-state index < -0.39 is 0 Å². The Labute approximate surface area is 171 Å². The summed E-state index contributed by atoms with van der Waals surface area (Å²) in [6.07, 6.45) is 5.33. The Bertz CT molecular complexity index is 1050. The first-order valence-corrected chi connectivity index (χ1v) is 10.5. The third kappa shape index (κ3) is 2.97. The zero-order valence-electron chi connectivity index (χ0n) is 17.1. The van der Waals surface area contributed by atoms with Gasteiger partial charge in [-0.3, -0.25) is 4.79 Å². The molecule has 0 saturated heterocycles. The summed E-state index contributed by atoms with van der Waals surface area (Å²) in [5.74, 6) is 0.499. The van der Waals surface area contributed by atoms with Gasteiger partial charge in [-0.15, -0.1) is 0 Å². The van der Waals surface area contributed by atoms with Gasteiger partial charge in [0.05, 0.1) is 11.5 Å². The first kappa shape index (κ1) is 18.4. The lowest BCUT2D eigenvalue weighted by molar-refractivity contribution is -0.128. The summed E-state index contributed by atoms with van der Waals surface area (Å²) in [7, 11) is 0. The Balaban J connectivity index is 1.76. The topological polar surface area (TPSA) is 38.3 Å². The van der Waals surface area contributed by atoms with Gasteiger partial charge >= 0.3 is 0 Å². The van der Waals surface area contributed by atoms with Crippen molar-refractivity contribution in [3.63, 3.8) is 0 Å². The van der Waals surface area contributed by atoms with E-state index in [9.17, 15) is 9.18 Å². The van der Waals surface area contributed by atoms with Crippen molar-refractivity contribution >= 4 is 17.0 Å². The highest BCUT2D eigenvalue weighted by Crippen LogP contribution is 2.52. The molecule has 4 heteroatoms. The van der Waals surface area contributed by atoms with Gasteiger partial charge in [-0.2, -0.15) is 0 Å². The van der Waals surface area contributed by atoms with Crippen LogP contribution >= 0.6 is 0 Å². The van der Waals surface area contributed by atoms with Crippen LogP contribution in [0.2, 0.25) is 0 Å². The monoisotopic (exact) mass is 391 g/mol. The molecule has 2 aromatic rings. The highest BCUT2D eigenvalue weighted by molar-refractivity contribution is 5.91. The maximum atomic E-state index is 14.1. The van der Waals surface area contributed by atoms with Crippen molar-refractivity contribution in [2.75, 3.05) is 5.32 Å². The maximum Gasteiger partial charge on any atom is 0.140 e. The van der Waals surface area contributed by atoms with Gasteiger partial charge in [-0.25, -0.2) is 4.39 Å². The zero-order chi connectivity index (χ0) is 20.3. The number of allylic oxidation sites excluding steroid dienone is 1. The summed E-state index contributed by atoms with van der Waals surface area (Å²) < 4.78 is 20.5. The molecule has 0 radical (unpaired) electrons. The lowest BCUT2D eigenvalue weighted by Crippen LogP contribution is -2.35. The number of halogens is 1. The van der Waals surface area contributed by atoms with E-state index in [1.54, 1.807) is 12.1 Å². The summed E-state index contributed by atoms with van der Waals surface area (Å²) in [6, 6.07) is 8.79. The standard InChI is InChI=1S/C25H26FNO2/c1-14-13-25(2,3)27-19-10-9-16-18-12-15(26)8-11-21(18)29-24(23(16)22(14)19)17-6-4-5-7-20(17)28/h8-13,17,24,27H,4-7H2,1-3H3. The van der Waals surface area contributed by atoms with Gasteiger partial charge in [0, 0.05) is 28.8 Å². The molecule has 2 aromatic carbocycles. The van der Waals surface area contributed by atoms with E-state index >= 15 is 0 Å². The summed E-state index contributed by atoms with van der Waals surface area (Å²) in [6.45, 7) is 6.40. The van der Waals surface area contributed by atoms with Crippen LogP contribution in [0.15, 0.2) is 36.4 Å². The molecule has 1 fully saturated rings. The van der Waals surface area contributed by atoms with Gasteiger partial charge < -0.3 is 10.1 Å². The lowest BCUT2D eigenvalue weighted by atomic mass is 9.75. The van der Waals surface area contributed by atoms with Crippen LogP contribution in [-0.4, -0.2) is 11.3 Å². The third-order valence-electron chi connectivity index (χ3n) is 6.41. The van der Waals surface area contributed by atoms with E-state index in [1.807, 2.05) is 0 Å². The fraction of sp³-hybridized carbons (Fsp3) is 0.400. The highest BCUT2D eigenvalue weighted by atomic mass is 19.1. The van der Waals surface area contributed by atoms with Crippen LogP contribution in [0.3, 0.4) is 0 Å². The molecule has 1 N–H and O–H groups in total. The number of hydrogen-bond donors (Lipinski definition) is 1. The average molecular weight is 391 g/mol. The second-order valence-electron chi connectivity index (χ2n) is 9.12. The van der Waals surface area contributed by atoms with E-state index in [0.29, 0.717) is 12.2 Å². The second kappa shape index (κ2) is 6.45. The molecule has 29 heavy (non-hydrogen) atoms. The molecule has 2 atom stereocenters. The molecule has 2 unspecified atom stereocenters. The van der Waals surface area contributed by atoms with Gasteiger partial charge in [0.1, 0.15) is 23.5 Å². The third-order valence-corrected chi connectivity index (χ3v) is 6.41. The number of benzene rings is 2. The molecule has 2 aliphatic heterocycles. The quantitative estimate of drug-likeness (QED) is 0.620. The Hall–Kier alpha value is -2.62. The smallest absolute Gasteiger partial charge is 0.140 e. The molecule has 3 aliphatic rings. The molecule has 5 rings (SSSR count). The zero-order valence-corrected chi connectivity index (χ0v) is 17.1. The van der Waals surface area contributed by atoms with Gasteiger partial charge in [0.2, 0.25) is 0 Å². The van der Waals surface area contributed by atoms with Crippen LogP contribution in [0.5, 0.6) is 5.75 Å². The molecule has 0 spiro atoms. The van der Waals surface area contributed by atoms with Crippen molar-refractivity contribution in [1.82, 2.24) is 0 Å². The van der Waals surface area contributed by atoms with E-state index in [-0.39, 0.29) is 29.2 Å². The van der Waals surface area contributed by atoms with Gasteiger partial charge in [0.15, 0.2) is 0 Å². The first-order chi connectivity index (χ1) is 13.8. The SMILES string of the molecule is CC1=CC(C)(C)Nc2ccc3c(c21)C(C1CCCCC1=O)Oc1ccc(F)cc1-3. The molecular formula is C25H26FNO2. The number of ketones is 1. The number of carbonyl (C=O) groups excluding carboxylic acids is 1. The molecule has 2 heterocycles. The number of Topliss-reactive ketones (excluding diaryl/α,β-unsaturated/α-hetero) is 1. The molecule has 0 bridgehead atoms. The van der Waals surface area contributed by atoms with Gasteiger partial charge in [0.25, 0.3) is 0 Å². The summed E-state index contributed by atoms with van der Waals surface area (Å²) in [5.41, 5.74) is 5.92. The molecular weight excluding hydrogens is 365 g/mol. The molecule has 3 nitrogen and oxygen atoms in total. The number of fused-ring (bicyclic) bond motifs is 5. The van der Waals surface area contributed by atoms with Crippen LogP contribution in [-0.2, 0) is 4.79 Å². The fourth-order valence-corrected chi connectivity index (χ4v) is 5.30. The summed E-state index contributed by atoms with van der Waals surface area (Å²) in [5, 5.41) is 3.60. The van der Waals surface area contributed by atoms with Crippen molar-refractivity contribution in [2.45, 2.75) is 58.1 Å². The minimum absolute atomic E-state index is 0.152. The number of hydrogen-bond acceptors (Lipinski definition) is 3. The molecule has 0 amide bonds. The van der Waals surface area contributed by atoms with Crippen molar-refractivity contribution in [3.8, 4) is 16.9 Å². The van der Waals surface area contributed by atoms with E-state index in [1.165, 1.54) is 6.07 Å². The number of anilines is 1. The number of rotatable bonds is 1. The van der Waals surface area contributed by atoms with Crippen molar-refractivity contribution in [2.24, 2.45) is 5.92 Å². The van der Waals surface area contributed by atoms with Crippen LogP contribution in [0, 0.1) is 11.7 Å². The van der Waals surface area contributed by atoms with Crippen molar-refractivity contribution in [1.29, 1.82) is 0 Å². The fourth-order valence-electron chi connectivity index (χ4n) is 5.30. The van der Waals surface area contributed by atoms with E-state index in [0.717, 1.165) is 52.8 Å². The molecule has 150 valence electrons. The number of carbonyl (C=O) groups is 1. The van der Waals surface area contributed by atoms with Crippen LogP contribution in [0.1, 0.15) is 63.7 Å². The van der Waals surface area contributed by atoms with E-state index in [2.05, 4.69) is 44.3 Å². The number of ether oxygens (including phenoxy) is 1. The molecule has 1 aliphatic carbocycles. The van der Waals surface area contributed by atoms with Gasteiger partial charge in [-0.05, 0) is 69.0 Å². The normalized spacial score (nSPS) is 24.4. The Morgan fingerprint density at radius 3 is 2.76 bits per heavy atom. The van der Waals surface area contributed by atoms with Crippen molar-refractivity contribution in [3.05, 3.63) is 53.4 Å². The largest absolute Gasteiger partial charge is 0.484 e. The second-order valence-corrected chi connectivity index (χ2v) is 9.12. The van der Waals surface area contributed by atoms with E-state index in [4.69, 9.17) is 4.74 Å². The summed E-state index contributed by atoms with van der Waals surface area (Å²) >= 11 is 0. The number of nitrogens with one attached hydrogen (secondary N) is 1. The maximum absolute atomic E-state index is 14.1. The highest BCUT2D eigenvalue weighted by Gasteiger charge is 2.40. The van der Waals surface area contributed by atoms with Gasteiger partial charge in [-0.1, -0.05) is 18.6 Å². The average Bonchev–Trinajstić information content (AvgIpc) is 2.66. The van der Waals surface area contributed by atoms with Crippen LogP contribution in [0.25, 0.3) is 16.7 Å². The van der Waals surface area contributed by atoms with Crippen LogP contribution < -0.4 is 10.1 Å². The van der Waals surface area contributed by atoms with Crippen LogP contribution in [0.4, 0.5) is 10.1 Å². The first-order valence-electron chi connectivity index (χ1n) is 10.5.